The Hall–Kier alpha value is -1.23. The molecule has 110 valence electrons. The number of nitrogens with one attached hydrogen (secondary N) is 1. The lowest BCUT2D eigenvalue weighted by atomic mass is 10.0. The molecule has 1 aliphatic carbocycles. The summed E-state index contributed by atoms with van der Waals surface area (Å²) in [6, 6.07) is 2.36. The smallest absolute Gasteiger partial charge is 0.263 e. The molecule has 1 aliphatic heterocycles. The number of carbonyl (C=O) groups excluding carboxylic acids is 1. The molecule has 2 heterocycles. The summed E-state index contributed by atoms with van der Waals surface area (Å²) < 4.78 is 0. The van der Waals surface area contributed by atoms with E-state index < -0.39 is 0 Å². The lowest BCUT2D eigenvalue weighted by Crippen LogP contribution is -2.25. The largest absolute Gasteiger partial charge is 0.397 e. The molecule has 1 atom stereocenters. The number of anilines is 2. The molecule has 1 amide bonds. The lowest BCUT2D eigenvalue weighted by Gasteiger charge is -2.20. The highest BCUT2D eigenvalue weighted by Gasteiger charge is 2.26. The summed E-state index contributed by atoms with van der Waals surface area (Å²) in [6.07, 6.45) is 5.96. The van der Waals surface area contributed by atoms with E-state index in [0.29, 0.717) is 16.6 Å². The Morgan fingerprint density at radius 3 is 2.90 bits per heavy atom. The molecule has 2 fully saturated rings. The third-order valence-corrected chi connectivity index (χ3v) is 5.41. The Bertz CT molecular complexity index is 495. The number of nitrogens with two attached hydrogens (primary N) is 1. The molecule has 1 saturated heterocycles. The van der Waals surface area contributed by atoms with E-state index in [0.717, 1.165) is 36.9 Å². The molecular weight excluding hydrogens is 270 g/mol. The Labute approximate surface area is 124 Å². The molecule has 20 heavy (non-hydrogen) atoms. The van der Waals surface area contributed by atoms with Crippen molar-refractivity contribution in [3.05, 3.63) is 10.9 Å². The van der Waals surface area contributed by atoms with Crippen molar-refractivity contribution in [2.45, 2.75) is 45.1 Å². The minimum Gasteiger partial charge on any atom is -0.397 e. The van der Waals surface area contributed by atoms with Crippen LogP contribution in [-0.4, -0.2) is 25.0 Å². The quantitative estimate of drug-likeness (QED) is 0.901. The molecule has 5 heteroatoms. The molecule has 0 spiro atoms. The van der Waals surface area contributed by atoms with Gasteiger partial charge in [-0.25, -0.2) is 0 Å². The zero-order valence-electron chi connectivity index (χ0n) is 12.0. The van der Waals surface area contributed by atoms with Gasteiger partial charge in [0.2, 0.25) is 0 Å². The van der Waals surface area contributed by atoms with Gasteiger partial charge in [0.1, 0.15) is 4.88 Å². The van der Waals surface area contributed by atoms with E-state index in [1.165, 1.54) is 19.3 Å². The van der Waals surface area contributed by atoms with Gasteiger partial charge in [-0.1, -0.05) is 6.92 Å². The van der Waals surface area contributed by atoms with Crippen LogP contribution in [0, 0.1) is 5.92 Å². The van der Waals surface area contributed by atoms with Crippen LogP contribution in [0.1, 0.15) is 48.7 Å². The van der Waals surface area contributed by atoms with Crippen LogP contribution in [0.4, 0.5) is 10.7 Å². The van der Waals surface area contributed by atoms with E-state index in [9.17, 15) is 4.79 Å². The first-order valence-corrected chi connectivity index (χ1v) is 8.40. The molecule has 0 radical (unpaired) electrons. The molecule has 3 N–H and O–H groups in total. The first kappa shape index (κ1) is 13.7. The van der Waals surface area contributed by atoms with Crippen LogP contribution in [0.5, 0.6) is 0 Å². The first-order valence-electron chi connectivity index (χ1n) is 7.58. The van der Waals surface area contributed by atoms with E-state index >= 15 is 0 Å². The summed E-state index contributed by atoms with van der Waals surface area (Å²) in [7, 11) is 0. The average molecular weight is 293 g/mol. The van der Waals surface area contributed by atoms with Crippen LogP contribution in [-0.2, 0) is 0 Å². The number of thiophene rings is 1. The maximum absolute atomic E-state index is 12.1. The summed E-state index contributed by atoms with van der Waals surface area (Å²) in [5.74, 6) is 0.805. The Balaban J connectivity index is 1.71. The highest BCUT2D eigenvalue weighted by Crippen LogP contribution is 2.34. The monoisotopic (exact) mass is 293 g/mol. The maximum Gasteiger partial charge on any atom is 0.263 e. The van der Waals surface area contributed by atoms with E-state index in [1.54, 1.807) is 11.3 Å². The minimum atomic E-state index is 0.00411. The second kappa shape index (κ2) is 5.64. The van der Waals surface area contributed by atoms with Gasteiger partial charge in [-0.2, -0.15) is 0 Å². The summed E-state index contributed by atoms with van der Waals surface area (Å²) in [4.78, 5) is 15.2. The topological polar surface area (TPSA) is 58.4 Å². The van der Waals surface area contributed by atoms with Gasteiger partial charge in [-0.05, 0) is 44.1 Å². The minimum absolute atomic E-state index is 0.00411. The van der Waals surface area contributed by atoms with Gasteiger partial charge in [0.05, 0.1) is 10.7 Å². The zero-order chi connectivity index (χ0) is 14.1. The highest BCUT2D eigenvalue weighted by atomic mass is 32.1. The fraction of sp³-hybridized carbons (Fsp3) is 0.667. The number of nitrogens with zero attached hydrogens (tertiary/aromatic N) is 1. The standard InChI is InChI=1S/C15H23N3OS/c1-10-3-2-7-18(8-6-10)13-9-12(16)14(20-13)15(19)17-11-4-5-11/h9-11H,2-8,16H2,1H3,(H,17,19). The van der Waals surface area contributed by atoms with Crippen molar-refractivity contribution in [1.29, 1.82) is 0 Å². The van der Waals surface area contributed by atoms with Crippen molar-refractivity contribution in [2.24, 2.45) is 5.92 Å². The van der Waals surface area contributed by atoms with Gasteiger partial charge in [-0.3, -0.25) is 4.79 Å². The Morgan fingerprint density at radius 2 is 2.15 bits per heavy atom. The normalized spacial score (nSPS) is 23.4. The molecule has 1 aromatic rings. The van der Waals surface area contributed by atoms with Gasteiger partial charge in [0.15, 0.2) is 0 Å². The van der Waals surface area contributed by atoms with Gasteiger partial charge in [-0.15, -0.1) is 11.3 Å². The van der Waals surface area contributed by atoms with Crippen molar-refractivity contribution in [1.82, 2.24) is 5.32 Å². The van der Waals surface area contributed by atoms with Crippen LogP contribution >= 0.6 is 11.3 Å². The number of nitrogen functional groups attached to an aromatic ring is 1. The third-order valence-electron chi connectivity index (χ3n) is 4.20. The van der Waals surface area contributed by atoms with E-state index in [1.807, 2.05) is 6.07 Å². The Morgan fingerprint density at radius 1 is 1.35 bits per heavy atom. The molecule has 1 aromatic heterocycles. The van der Waals surface area contributed by atoms with Gasteiger partial charge >= 0.3 is 0 Å². The van der Waals surface area contributed by atoms with Crippen molar-refractivity contribution in [3.63, 3.8) is 0 Å². The molecular formula is C15H23N3OS. The Kier molecular flexibility index (Phi) is 3.87. The molecule has 2 aliphatic rings. The fourth-order valence-electron chi connectivity index (χ4n) is 2.69. The van der Waals surface area contributed by atoms with E-state index in [-0.39, 0.29) is 5.91 Å². The fourth-order valence-corrected chi connectivity index (χ4v) is 3.72. The molecule has 3 rings (SSSR count). The summed E-state index contributed by atoms with van der Waals surface area (Å²) in [5.41, 5.74) is 6.66. The molecule has 4 nitrogen and oxygen atoms in total. The summed E-state index contributed by atoms with van der Waals surface area (Å²) >= 11 is 1.54. The molecule has 0 bridgehead atoms. The summed E-state index contributed by atoms with van der Waals surface area (Å²) in [5, 5.41) is 4.17. The maximum atomic E-state index is 12.1. The van der Waals surface area contributed by atoms with Crippen molar-refractivity contribution >= 4 is 27.9 Å². The number of hydrogen-bond acceptors (Lipinski definition) is 4. The summed E-state index contributed by atoms with van der Waals surface area (Å²) in [6.45, 7) is 4.47. The number of amides is 1. The van der Waals surface area contributed by atoms with E-state index in [2.05, 4.69) is 17.1 Å². The van der Waals surface area contributed by atoms with Crippen LogP contribution in [0.15, 0.2) is 6.07 Å². The number of carbonyl (C=O) groups is 1. The van der Waals surface area contributed by atoms with Crippen LogP contribution in [0.3, 0.4) is 0 Å². The molecule has 0 aromatic carbocycles. The predicted molar refractivity (Wildman–Crippen MR) is 84.4 cm³/mol. The van der Waals surface area contributed by atoms with Crippen molar-refractivity contribution in [2.75, 3.05) is 23.7 Å². The highest BCUT2D eigenvalue weighted by molar-refractivity contribution is 7.18. The SMILES string of the molecule is CC1CCCN(c2cc(N)c(C(=O)NC3CC3)s2)CC1. The number of hydrogen-bond donors (Lipinski definition) is 2. The van der Waals surface area contributed by atoms with Gasteiger partial charge in [0, 0.05) is 19.1 Å². The van der Waals surface area contributed by atoms with Gasteiger partial charge in [0.25, 0.3) is 5.91 Å². The lowest BCUT2D eigenvalue weighted by molar-refractivity contribution is 0.0956. The second-order valence-corrected chi connectivity index (χ2v) is 7.17. The predicted octanol–water partition coefficient (Wildman–Crippen LogP) is 2.85. The third kappa shape index (κ3) is 3.08. The van der Waals surface area contributed by atoms with Crippen molar-refractivity contribution in [3.8, 4) is 0 Å². The number of rotatable bonds is 3. The van der Waals surface area contributed by atoms with Crippen LogP contribution in [0.2, 0.25) is 0 Å². The zero-order valence-corrected chi connectivity index (χ0v) is 12.8. The average Bonchev–Trinajstić information content (AvgIpc) is 3.17. The molecule has 1 saturated carbocycles. The van der Waals surface area contributed by atoms with Crippen LogP contribution in [0.25, 0.3) is 0 Å². The first-order chi connectivity index (χ1) is 9.63. The second-order valence-electron chi connectivity index (χ2n) is 6.14. The van der Waals surface area contributed by atoms with Gasteiger partial charge < -0.3 is 16.0 Å². The molecule has 1 unspecified atom stereocenters. The van der Waals surface area contributed by atoms with Crippen molar-refractivity contribution < 1.29 is 4.79 Å². The van der Waals surface area contributed by atoms with E-state index in [4.69, 9.17) is 5.73 Å². The van der Waals surface area contributed by atoms with Crippen LogP contribution < -0.4 is 16.0 Å².